The molecule has 0 atom stereocenters. The van der Waals surface area contributed by atoms with Gasteiger partial charge >= 0.3 is 5.97 Å². The number of hydrogen-bond donors (Lipinski definition) is 1. The smallest absolute Gasteiger partial charge is 0.306 e. The largest absolute Gasteiger partial charge is 0.466 e. The number of amides is 2. The van der Waals surface area contributed by atoms with Gasteiger partial charge in [0.2, 0.25) is 5.91 Å². The molecule has 0 bridgehead atoms. The van der Waals surface area contributed by atoms with Crippen molar-refractivity contribution in [2.24, 2.45) is 0 Å². The van der Waals surface area contributed by atoms with Crippen molar-refractivity contribution in [3.63, 3.8) is 0 Å². The molecule has 1 aromatic rings. The van der Waals surface area contributed by atoms with Gasteiger partial charge in [-0.15, -0.1) is 12.4 Å². The summed E-state index contributed by atoms with van der Waals surface area (Å²) in [6.07, 6.45) is 0.344. The fourth-order valence-electron chi connectivity index (χ4n) is 2.64. The molecule has 0 spiro atoms. The Hall–Kier alpha value is -1.64. The van der Waals surface area contributed by atoms with Crippen molar-refractivity contribution in [2.75, 3.05) is 45.9 Å². The van der Waals surface area contributed by atoms with Crippen LogP contribution in [0.5, 0.6) is 0 Å². The van der Waals surface area contributed by atoms with E-state index in [-0.39, 0.29) is 43.0 Å². The molecule has 0 aromatic carbocycles. The van der Waals surface area contributed by atoms with Crippen molar-refractivity contribution in [1.29, 1.82) is 0 Å². The molecule has 0 unspecified atom stereocenters. The highest BCUT2D eigenvalue weighted by molar-refractivity contribution is 7.08. The maximum atomic E-state index is 12.1. The van der Waals surface area contributed by atoms with Gasteiger partial charge in [-0.25, -0.2) is 0 Å². The van der Waals surface area contributed by atoms with Crippen LogP contribution < -0.4 is 5.32 Å². The van der Waals surface area contributed by atoms with Gasteiger partial charge in [0, 0.05) is 56.6 Å². The quantitative estimate of drug-likeness (QED) is 0.663. The lowest BCUT2D eigenvalue weighted by Crippen LogP contribution is -2.50. The summed E-state index contributed by atoms with van der Waals surface area (Å²) in [5.41, 5.74) is 0.696. The molecule has 146 valence electrons. The van der Waals surface area contributed by atoms with Gasteiger partial charge in [-0.2, -0.15) is 11.3 Å². The molecule has 0 radical (unpaired) electrons. The van der Waals surface area contributed by atoms with Crippen LogP contribution in [-0.2, 0) is 14.3 Å². The molecule has 1 aliphatic rings. The third kappa shape index (κ3) is 7.31. The highest BCUT2D eigenvalue weighted by atomic mass is 35.5. The molecule has 2 amide bonds. The Labute approximate surface area is 164 Å². The lowest BCUT2D eigenvalue weighted by Gasteiger charge is -2.34. The third-order valence-corrected chi connectivity index (χ3v) is 4.75. The van der Waals surface area contributed by atoms with Gasteiger partial charge in [-0.3, -0.25) is 19.3 Å². The normalized spacial score (nSPS) is 14.4. The number of piperazine rings is 1. The first-order chi connectivity index (χ1) is 12.1. The van der Waals surface area contributed by atoms with Gasteiger partial charge in [0.1, 0.15) is 0 Å². The summed E-state index contributed by atoms with van der Waals surface area (Å²) in [5, 5.41) is 6.62. The van der Waals surface area contributed by atoms with Gasteiger partial charge in [0.15, 0.2) is 0 Å². The molecular weight excluding hydrogens is 378 g/mol. The topological polar surface area (TPSA) is 79.0 Å². The van der Waals surface area contributed by atoms with Crippen LogP contribution >= 0.6 is 23.7 Å². The minimum atomic E-state index is -0.323. The first-order valence-electron chi connectivity index (χ1n) is 8.56. The van der Waals surface area contributed by atoms with Crippen LogP contribution in [-0.4, -0.2) is 73.5 Å². The molecule has 2 rings (SSSR count). The summed E-state index contributed by atoms with van der Waals surface area (Å²) in [4.78, 5) is 39.3. The zero-order valence-electron chi connectivity index (χ0n) is 14.9. The first-order valence-corrected chi connectivity index (χ1v) is 9.50. The maximum absolute atomic E-state index is 12.1. The van der Waals surface area contributed by atoms with E-state index in [2.05, 4.69) is 10.2 Å². The first kappa shape index (κ1) is 22.4. The number of carbonyl (C=O) groups excluding carboxylic acids is 3. The molecule has 1 saturated heterocycles. The Balaban J connectivity index is 0.00000338. The molecule has 9 heteroatoms. The van der Waals surface area contributed by atoms with Crippen molar-refractivity contribution < 1.29 is 19.1 Å². The minimum absolute atomic E-state index is 0. The number of halogens is 1. The van der Waals surface area contributed by atoms with Crippen molar-refractivity contribution in [1.82, 2.24) is 15.1 Å². The predicted molar refractivity (Wildman–Crippen MR) is 103 cm³/mol. The van der Waals surface area contributed by atoms with E-state index in [0.717, 1.165) is 19.6 Å². The average Bonchev–Trinajstić information content (AvgIpc) is 3.15. The molecule has 7 nitrogen and oxygen atoms in total. The third-order valence-electron chi connectivity index (χ3n) is 4.07. The zero-order chi connectivity index (χ0) is 18.1. The molecular formula is C17H26ClN3O4S. The number of carbonyl (C=O) groups is 3. The van der Waals surface area contributed by atoms with Crippen molar-refractivity contribution in [3.8, 4) is 0 Å². The van der Waals surface area contributed by atoms with Crippen LogP contribution in [0.3, 0.4) is 0 Å². The lowest BCUT2D eigenvalue weighted by atomic mass is 10.2. The molecule has 0 saturated carbocycles. The fourth-order valence-corrected chi connectivity index (χ4v) is 3.28. The Bertz CT molecular complexity index is 575. The van der Waals surface area contributed by atoms with E-state index in [4.69, 9.17) is 4.74 Å². The number of thiophene rings is 1. The Morgan fingerprint density at radius 1 is 1.19 bits per heavy atom. The zero-order valence-corrected chi connectivity index (χ0v) is 16.6. The van der Waals surface area contributed by atoms with E-state index < -0.39 is 0 Å². The predicted octanol–water partition coefficient (Wildman–Crippen LogP) is 1.39. The molecule has 2 heterocycles. The van der Waals surface area contributed by atoms with Gasteiger partial charge < -0.3 is 15.0 Å². The van der Waals surface area contributed by atoms with E-state index >= 15 is 0 Å². The summed E-state index contributed by atoms with van der Waals surface area (Å²) in [6, 6.07) is 1.81. The van der Waals surface area contributed by atoms with Crippen molar-refractivity contribution in [2.45, 2.75) is 19.8 Å². The SMILES string of the molecule is CCOC(=O)CCC(=O)N1CCN(CCNC(=O)c2ccsc2)CC1.Cl. The van der Waals surface area contributed by atoms with Crippen LogP contribution in [0.25, 0.3) is 0 Å². The fraction of sp³-hybridized carbons (Fsp3) is 0.588. The van der Waals surface area contributed by atoms with Crippen LogP contribution in [0.1, 0.15) is 30.1 Å². The van der Waals surface area contributed by atoms with Crippen molar-refractivity contribution >= 4 is 41.5 Å². The van der Waals surface area contributed by atoms with Gasteiger partial charge in [-0.05, 0) is 18.4 Å². The summed E-state index contributed by atoms with van der Waals surface area (Å²) in [6.45, 7) is 6.31. The Morgan fingerprint density at radius 3 is 2.54 bits per heavy atom. The van der Waals surface area contributed by atoms with E-state index in [0.29, 0.717) is 31.8 Å². The van der Waals surface area contributed by atoms with E-state index in [1.165, 1.54) is 11.3 Å². The second-order valence-corrected chi connectivity index (χ2v) is 6.58. The summed E-state index contributed by atoms with van der Waals surface area (Å²) in [7, 11) is 0. The monoisotopic (exact) mass is 403 g/mol. The molecule has 1 N–H and O–H groups in total. The van der Waals surface area contributed by atoms with Crippen LogP contribution in [0, 0.1) is 0 Å². The van der Waals surface area contributed by atoms with Crippen LogP contribution in [0.4, 0.5) is 0 Å². The highest BCUT2D eigenvalue weighted by Crippen LogP contribution is 2.07. The van der Waals surface area contributed by atoms with Gasteiger partial charge in [-0.1, -0.05) is 0 Å². The second-order valence-electron chi connectivity index (χ2n) is 5.80. The Kier molecular flexibility index (Phi) is 10.2. The average molecular weight is 404 g/mol. The number of hydrogen-bond acceptors (Lipinski definition) is 6. The van der Waals surface area contributed by atoms with E-state index in [9.17, 15) is 14.4 Å². The standard InChI is InChI=1S/C17H25N3O4S.ClH/c1-2-24-16(22)4-3-15(21)20-10-8-19(9-11-20)7-6-18-17(23)14-5-12-25-13-14;/h5,12-13H,2-4,6-11H2,1H3,(H,18,23);1H. The van der Waals surface area contributed by atoms with E-state index in [1.54, 1.807) is 17.9 Å². The molecule has 26 heavy (non-hydrogen) atoms. The second kappa shape index (κ2) is 11.9. The summed E-state index contributed by atoms with van der Waals surface area (Å²) < 4.78 is 4.84. The van der Waals surface area contributed by atoms with E-state index in [1.807, 2.05) is 10.8 Å². The minimum Gasteiger partial charge on any atom is -0.466 e. The number of nitrogens with zero attached hydrogens (tertiary/aromatic N) is 2. The lowest BCUT2D eigenvalue weighted by molar-refractivity contribution is -0.146. The van der Waals surface area contributed by atoms with Gasteiger partial charge in [0.05, 0.1) is 13.0 Å². The van der Waals surface area contributed by atoms with Crippen LogP contribution in [0.2, 0.25) is 0 Å². The summed E-state index contributed by atoms with van der Waals surface area (Å²) in [5.74, 6) is -0.372. The number of nitrogens with one attached hydrogen (secondary N) is 1. The summed E-state index contributed by atoms with van der Waals surface area (Å²) >= 11 is 1.50. The van der Waals surface area contributed by atoms with Gasteiger partial charge in [0.25, 0.3) is 5.91 Å². The number of rotatable bonds is 8. The van der Waals surface area contributed by atoms with Crippen LogP contribution in [0.15, 0.2) is 16.8 Å². The Morgan fingerprint density at radius 2 is 1.92 bits per heavy atom. The van der Waals surface area contributed by atoms with Crippen molar-refractivity contribution in [3.05, 3.63) is 22.4 Å². The molecule has 1 aromatic heterocycles. The maximum Gasteiger partial charge on any atom is 0.306 e. The highest BCUT2D eigenvalue weighted by Gasteiger charge is 2.21. The number of ether oxygens (including phenoxy) is 1. The number of esters is 1. The molecule has 0 aliphatic carbocycles. The molecule has 1 fully saturated rings. The molecule has 1 aliphatic heterocycles.